The Morgan fingerprint density at radius 2 is 1.89 bits per heavy atom. The predicted molar refractivity (Wildman–Crippen MR) is 77.9 cm³/mol. The standard InChI is InChI=1S/C15H13FN2S/c1-9-4-3-5-12-14(9)18(15(19)17-12)13-7-6-11(16)8-10(13)2/h3-8H,1-2H3,(H,17,19). The summed E-state index contributed by atoms with van der Waals surface area (Å²) in [4.78, 5) is 3.19. The van der Waals surface area contributed by atoms with Crippen LogP contribution in [-0.2, 0) is 0 Å². The molecule has 0 radical (unpaired) electrons. The van der Waals surface area contributed by atoms with Crippen molar-refractivity contribution in [2.75, 3.05) is 0 Å². The molecule has 0 spiro atoms. The highest BCUT2D eigenvalue weighted by molar-refractivity contribution is 7.71. The maximum atomic E-state index is 13.2. The zero-order valence-electron chi connectivity index (χ0n) is 10.7. The van der Waals surface area contributed by atoms with Gasteiger partial charge in [0, 0.05) is 0 Å². The molecule has 1 N–H and O–H groups in total. The number of halogens is 1. The van der Waals surface area contributed by atoms with Crippen LogP contribution in [0.4, 0.5) is 4.39 Å². The van der Waals surface area contributed by atoms with Crippen molar-refractivity contribution in [2.45, 2.75) is 13.8 Å². The molecule has 1 heterocycles. The van der Waals surface area contributed by atoms with E-state index in [1.807, 2.05) is 36.6 Å². The van der Waals surface area contributed by atoms with E-state index < -0.39 is 0 Å². The third-order valence-corrected chi connectivity index (χ3v) is 3.59. The van der Waals surface area contributed by atoms with Crippen LogP contribution in [0, 0.1) is 24.4 Å². The molecule has 0 amide bonds. The third kappa shape index (κ3) is 1.88. The lowest BCUT2D eigenvalue weighted by molar-refractivity contribution is 0.626. The van der Waals surface area contributed by atoms with Crippen LogP contribution < -0.4 is 0 Å². The molecule has 0 aliphatic heterocycles. The van der Waals surface area contributed by atoms with E-state index in [-0.39, 0.29) is 5.82 Å². The number of fused-ring (bicyclic) bond motifs is 1. The van der Waals surface area contributed by atoms with E-state index >= 15 is 0 Å². The molecule has 0 aliphatic rings. The smallest absolute Gasteiger partial charge is 0.182 e. The van der Waals surface area contributed by atoms with Crippen molar-refractivity contribution in [1.29, 1.82) is 0 Å². The SMILES string of the molecule is Cc1cc(F)ccc1-n1c(=S)[nH]c2cccc(C)c21. The molecular formula is C15H13FN2S. The van der Waals surface area contributed by atoms with Crippen molar-refractivity contribution in [3.8, 4) is 5.69 Å². The van der Waals surface area contributed by atoms with Crippen LogP contribution in [0.15, 0.2) is 36.4 Å². The number of aromatic amines is 1. The molecule has 2 nitrogen and oxygen atoms in total. The summed E-state index contributed by atoms with van der Waals surface area (Å²) in [6.45, 7) is 3.93. The van der Waals surface area contributed by atoms with Gasteiger partial charge in [-0.25, -0.2) is 4.39 Å². The number of rotatable bonds is 1. The van der Waals surface area contributed by atoms with Crippen LogP contribution in [0.1, 0.15) is 11.1 Å². The second-order valence-corrected chi connectivity index (χ2v) is 5.05. The minimum Gasteiger partial charge on any atom is -0.330 e. The Labute approximate surface area is 115 Å². The van der Waals surface area contributed by atoms with Crippen molar-refractivity contribution >= 4 is 23.3 Å². The number of hydrogen-bond acceptors (Lipinski definition) is 1. The fourth-order valence-corrected chi connectivity index (χ4v) is 2.73. The van der Waals surface area contributed by atoms with E-state index in [9.17, 15) is 4.39 Å². The van der Waals surface area contributed by atoms with Gasteiger partial charge in [-0.15, -0.1) is 0 Å². The van der Waals surface area contributed by atoms with E-state index in [2.05, 4.69) is 4.98 Å². The highest BCUT2D eigenvalue weighted by atomic mass is 32.1. The molecule has 3 aromatic rings. The van der Waals surface area contributed by atoms with Crippen LogP contribution in [0.5, 0.6) is 0 Å². The molecule has 0 aliphatic carbocycles. The monoisotopic (exact) mass is 272 g/mol. The molecule has 0 fully saturated rings. The van der Waals surface area contributed by atoms with Gasteiger partial charge in [0.1, 0.15) is 5.82 Å². The number of aromatic nitrogens is 2. The molecule has 4 heteroatoms. The molecule has 0 saturated heterocycles. The average Bonchev–Trinajstić information content (AvgIpc) is 2.67. The second-order valence-electron chi connectivity index (χ2n) is 4.67. The largest absolute Gasteiger partial charge is 0.330 e. The molecule has 0 saturated carbocycles. The average molecular weight is 272 g/mol. The van der Waals surface area contributed by atoms with Crippen LogP contribution in [0.3, 0.4) is 0 Å². The summed E-state index contributed by atoms with van der Waals surface area (Å²) in [6, 6.07) is 10.8. The number of para-hydroxylation sites is 1. The molecule has 2 aromatic carbocycles. The van der Waals surface area contributed by atoms with Gasteiger partial charge in [0.05, 0.1) is 16.7 Å². The zero-order valence-corrected chi connectivity index (χ0v) is 11.5. The lowest BCUT2D eigenvalue weighted by Crippen LogP contribution is -1.98. The topological polar surface area (TPSA) is 20.7 Å². The van der Waals surface area contributed by atoms with Gasteiger partial charge in [0.25, 0.3) is 0 Å². The minimum atomic E-state index is -0.232. The van der Waals surface area contributed by atoms with Crippen LogP contribution in [0.25, 0.3) is 16.7 Å². The van der Waals surface area contributed by atoms with Crippen LogP contribution in [0.2, 0.25) is 0 Å². The van der Waals surface area contributed by atoms with Crippen molar-refractivity contribution in [3.63, 3.8) is 0 Å². The Kier molecular flexibility index (Phi) is 2.75. The fourth-order valence-electron chi connectivity index (χ4n) is 2.43. The maximum absolute atomic E-state index is 13.2. The maximum Gasteiger partial charge on any atom is 0.182 e. The van der Waals surface area contributed by atoms with Crippen molar-refractivity contribution in [2.24, 2.45) is 0 Å². The number of aryl methyl sites for hydroxylation is 2. The molecular weight excluding hydrogens is 259 g/mol. The highest BCUT2D eigenvalue weighted by Gasteiger charge is 2.10. The predicted octanol–water partition coefficient (Wildman–Crippen LogP) is 4.44. The molecule has 0 bridgehead atoms. The van der Waals surface area contributed by atoms with Gasteiger partial charge in [0.2, 0.25) is 0 Å². The van der Waals surface area contributed by atoms with Gasteiger partial charge in [-0.2, -0.15) is 0 Å². The summed E-state index contributed by atoms with van der Waals surface area (Å²) in [7, 11) is 0. The zero-order chi connectivity index (χ0) is 13.6. The Hall–Kier alpha value is -1.94. The van der Waals surface area contributed by atoms with E-state index in [0.29, 0.717) is 4.77 Å². The lowest BCUT2D eigenvalue weighted by Gasteiger charge is -2.09. The van der Waals surface area contributed by atoms with Crippen molar-refractivity contribution < 1.29 is 4.39 Å². The number of benzene rings is 2. The normalized spacial score (nSPS) is 11.1. The van der Waals surface area contributed by atoms with Crippen molar-refractivity contribution in [3.05, 3.63) is 58.1 Å². The first kappa shape index (κ1) is 12.1. The number of nitrogens with one attached hydrogen (secondary N) is 1. The van der Waals surface area contributed by atoms with Crippen LogP contribution in [-0.4, -0.2) is 9.55 Å². The first-order valence-electron chi connectivity index (χ1n) is 6.05. The first-order chi connectivity index (χ1) is 9.08. The van der Waals surface area contributed by atoms with Gasteiger partial charge in [0.15, 0.2) is 4.77 Å². The van der Waals surface area contributed by atoms with Gasteiger partial charge in [-0.05, 0) is 61.5 Å². The lowest BCUT2D eigenvalue weighted by atomic mass is 10.1. The Bertz CT molecular complexity index is 830. The van der Waals surface area contributed by atoms with E-state index in [4.69, 9.17) is 12.2 Å². The summed E-state index contributed by atoms with van der Waals surface area (Å²) in [5, 5.41) is 0. The Balaban J connectivity index is 2.42. The van der Waals surface area contributed by atoms with Gasteiger partial charge in [-0.1, -0.05) is 12.1 Å². The molecule has 96 valence electrons. The molecule has 0 atom stereocenters. The minimum absolute atomic E-state index is 0.232. The van der Waals surface area contributed by atoms with E-state index in [1.54, 1.807) is 6.07 Å². The highest BCUT2D eigenvalue weighted by Crippen LogP contribution is 2.24. The number of hydrogen-bond donors (Lipinski definition) is 1. The molecule has 1 aromatic heterocycles. The molecule has 19 heavy (non-hydrogen) atoms. The Morgan fingerprint density at radius 3 is 2.63 bits per heavy atom. The van der Waals surface area contributed by atoms with E-state index in [0.717, 1.165) is 27.8 Å². The summed E-state index contributed by atoms with van der Waals surface area (Å²) in [5.41, 5.74) is 4.94. The first-order valence-corrected chi connectivity index (χ1v) is 6.45. The van der Waals surface area contributed by atoms with Gasteiger partial charge in [-0.3, -0.25) is 4.57 Å². The summed E-state index contributed by atoms with van der Waals surface area (Å²) in [5.74, 6) is -0.232. The van der Waals surface area contributed by atoms with Gasteiger partial charge >= 0.3 is 0 Å². The molecule has 3 rings (SSSR count). The van der Waals surface area contributed by atoms with Gasteiger partial charge < -0.3 is 4.98 Å². The number of imidazole rings is 1. The number of nitrogens with zero attached hydrogens (tertiary/aromatic N) is 1. The second kappa shape index (κ2) is 4.31. The quantitative estimate of drug-likeness (QED) is 0.649. The molecule has 0 unspecified atom stereocenters. The fraction of sp³-hybridized carbons (Fsp3) is 0.133. The third-order valence-electron chi connectivity index (χ3n) is 3.31. The number of H-pyrrole nitrogens is 1. The van der Waals surface area contributed by atoms with Crippen LogP contribution >= 0.6 is 12.2 Å². The summed E-state index contributed by atoms with van der Waals surface area (Å²) in [6.07, 6.45) is 0. The Morgan fingerprint density at radius 1 is 1.11 bits per heavy atom. The van der Waals surface area contributed by atoms with Crippen molar-refractivity contribution in [1.82, 2.24) is 9.55 Å². The van der Waals surface area contributed by atoms with E-state index in [1.165, 1.54) is 12.1 Å². The summed E-state index contributed by atoms with van der Waals surface area (Å²) < 4.78 is 15.8. The summed E-state index contributed by atoms with van der Waals surface area (Å²) >= 11 is 5.40.